The quantitative estimate of drug-likeness (QED) is 0.360. The number of carbonyl (C=O) groups excluding carboxylic acids is 1. The Labute approximate surface area is 224 Å². The van der Waals surface area contributed by atoms with Crippen molar-refractivity contribution in [2.75, 3.05) is 5.75 Å². The normalized spacial score (nSPS) is 24.6. The molecular formula is C26H28F3N5O4S. The molecule has 2 fully saturated rings. The van der Waals surface area contributed by atoms with Crippen molar-refractivity contribution >= 4 is 15.9 Å². The summed E-state index contributed by atoms with van der Waals surface area (Å²) in [5.41, 5.74) is -4.59. The average molecular weight is 564 g/mol. The third kappa shape index (κ3) is 4.45. The number of Topliss-reactive ketones (excluding diaryl/α,β-unsaturated/α-hetero) is 1. The Morgan fingerprint density at radius 3 is 2.54 bits per heavy atom. The molecular weight excluding hydrogens is 535 g/mol. The van der Waals surface area contributed by atoms with Crippen LogP contribution < -0.4 is 0 Å². The summed E-state index contributed by atoms with van der Waals surface area (Å²) < 4.78 is 79.6. The van der Waals surface area contributed by atoms with Crippen LogP contribution in [0, 0.1) is 34.2 Å². The van der Waals surface area contributed by atoms with E-state index in [9.17, 15) is 17.6 Å². The minimum absolute atomic E-state index is 0.0451. The van der Waals surface area contributed by atoms with E-state index >= 15 is 8.78 Å². The summed E-state index contributed by atoms with van der Waals surface area (Å²) in [6, 6.07) is 2.60. The van der Waals surface area contributed by atoms with Crippen LogP contribution in [-0.2, 0) is 31.2 Å². The fraction of sp³-hybridized carbons (Fsp3) is 0.500. The number of nitrogens with zero attached hydrogens (tertiary/aromatic N) is 5. The highest BCUT2D eigenvalue weighted by Crippen LogP contribution is 2.64. The lowest BCUT2D eigenvalue weighted by molar-refractivity contribution is -0.128. The molecule has 2 aliphatic carbocycles. The van der Waals surface area contributed by atoms with Crippen molar-refractivity contribution < 1.29 is 30.6 Å². The number of carbonyl (C=O) groups is 1. The molecule has 2 unspecified atom stereocenters. The Kier molecular flexibility index (Phi) is 6.65. The monoisotopic (exact) mass is 563 g/mol. The van der Waals surface area contributed by atoms with Crippen LogP contribution in [0.15, 0.2) is 43.4 Å². The van der Waals surface area contributed by atoms with Gasteiger partial charge in [0.1, 0.15) is 42.0 Å². The molecule has 9 nitrogen and oxygen atoms in total. The van der Waals surface area contributed by atoms with Gasteiger partial charge in [-0.25, -0.2) is 32.8 Å². The molecule has 3 aromatic rings. The number of benzene rings is 1. The average Bonchev–Trinajstić information content (AvgIpc) is 3.49. The molecule has 0 spiro atoms. The number of hydrogen-bond donors (Lipinski definition) is 0. The van der Waals surface area contributed by atoms with E-state index in [-0.39, 0.29) is 29.4 Å². The van der Waals surface area contributed by atoms with Crippen molar-refractivity contribution in [3.63, 3.8) is 0 Å². The molecule has 0 aliphatic heterocycles. The molecule has 2 bridgehead atoms. The maximum atomic E-state index is 15.5. The summed E-state index contributed by atoms with van der Waals surface area (Å²) in [6.45, 7) is 4.74. The van der Waals surface area contributed by atoms with Gasteiger partial charge in [0.15, 0.2) is 5.82 Å². The van der Waals surface area contributed by atoms with Gasteiger partial charge in [-0.05, 0) is 30.2 Å². The van der Waals surface area contributed by atoms with Gasteiger partial charge in [0.25, 0.3) is 10.1 Å². The van der Waals surface area contributed by atoms with Gasteiger partial charge in [-0.15, -0.1) is 0 Å². The van der Waals surface area contributed by atoms with E-state index in [0.717, 1.165) is 24.7 Å². The van der Waals surface area contributed by atoms with Crippen molar-refractivity contribution in [3.8, 4) is 0 Å². The minimum atomic E-state index is -4.62. The van der Waals surface area contributed by atoms with E-state index < -0.39 is 62.2 Å². The molecule has 208 valence electrons. The molecule has 0 radical (unpaired) electrons. The molecule has 1 aromatic carbocycles. The smallest absolute Gasteiger partial charge is 0.269 e. The maximum Gasteiger partial charge on any atom is 0.269 e. The molecule has 2 saturated carbocycles. The third-order valence-corrected chi connectivity index (χ3v) is 10.3. The van der Waals surface area contributed by atoms with Gasteiger partial charge in [-0.3, -0.25) is 8.98 Å². The summed E-state index contributed by atoms with van der Waals surface area (Å²) in [7, 11) is -4.62. The molecule has 5 rings (SSSR count). The predicted octanol–water partition coefficient (Wildman–Crippen LogP) is 3.93. The summed E-state index contributed by atoms with van der Waals surface area (Å²) in [5, 5.41) is 4.03. The summed E-state index contributed by atoms with van der Waals surface area (Å²) >= 11 is 0. The highest BCUT2D eigenvalue weighted by atomic mass is 32.2. The number of hydrogen-bond acceptors (Lipinski definition) is 8. The largest absolute Gasteiger partial charge is 0.299 e. The molecule has 13 heteroatoms. The highest BCUT2D eigenvalue weighted by Gasteiger charge is 2.66. The Hall–Kier alpha value is -3.19. The van der Waals surface area contributed by atoms with E-state index in [1.165, 1.54) is 24.3 Å². The second kappa shape index (κ2) is 9.47. The van der Waals surface area contributed by atoms with Gasteiger partial charge < -0.3 is 0 Å². The van der Waals surface area contributed by atoms with Gasteiger partial charge in [0.2, 0.25) is 0 Å². The first-order chi connectivity index (χ1) is 18.3. The van der Waals surface area contributed by atoms with E-state index in [4.69, 9.17) is 4.18 Å². The van der Waals surface area contributed by atoms with Gasteiger partial charge in [0.05, 0.1) is 29.6 Å². The van der Waals surface area contributed by atoms with Crippen molar-refractivity contribution in [2.45, 2.75) is 58.1 Å². The topological polar surface area (TPSA) is 117 Å². The third-order valence-electron chi connectivity index (χ3n) is 8.89. The molecule has 0 N–H and O–H groups in total. The van der Waals surface area contributed by atoms with Crippen LogP contribution in [0.4, 0.5) is 13.2 Å². The summed E-state index contributed by atoms with van der Waals surface area (Å²) in [6.07, 6.45) is 5.78. The first kappa shape index (κ1) is 27.4. The fourth-order valence-corrected chi connectivity index (χ4v) is 8.59. The zero-order chi connectivity index (χ0) is 28.2. The number of fused-ring (bicyclic) bond motifs is 2. The standard InChI is InChI=1S/C26H28F3N5O4S/c1-16(23-21(29)10-30-13-32-23)26(11-34-15-31-14-33-34,19-5-4-18(27)9-20(19)28)38-39(36,37)12-25-7-6-17(8-22(25)35)24(25,2)3/h4-5,9-10,13-17H,6-8,11-12H2,1-3H3/t16-,17?,25?,26+/m0/s1. The molecule has 39 heavy (non-hydrogen) atoms. The second-order valence-electron chi connectivity index (χ2n) is 11.0. The molecule has 4 atom stereocenters. The lowest BCUT2D eigenvalue weighted by atomic mass is 9.70. The van der Waals surface area contributed by atoms with Crippen molar-refractivity contribution in [3.05, 3.63) is 72.1 Å². The predicted molar refractivity (Wildman–Crippen MR) is 132 cm³/mol. The molecule has 2 aliphatic rings. The van der Waals surface area contributed by atoms with Crippen LogP contribution in [-0.4, -0.2) is 44.7 Å². The highest BCUT2D eigenvalue weighted by molar-refractivity contribution is 7.86. The van der Waals surface area contributed by atoms with Crippen LogP contribution >= 0.6 is 0 Å². The molecule has 0 saturated heterocycles. The lowest BCUT2D eigenvalue weighted by Gasteiger charge is -2.41. The zero-order valence-corrected chi connectivity index (χ0v) is 22.5. The minimum Gasteiger partial charge on any atom is -0.299 e. The maximum absolute atomic E-state index is 15.5. The SMILES string of the molecule is C[C@@H](c1ncncc1F)[C@@](Cn1cncn1)(OS(=O)(=O)CC12CCC(CC1=O)C2(C)C)c1ccc(F)cc1F. The van der Waals surface area contributed by atoms with E-state index in [0.29, 0.717) is 18.9 Å². The van der Waals surface area contributed by atoms with Crippen molar-refractivity contribution in [1.82, 2.24) is 24.7 Å². The van der Waals surface area contributed by atoms with Crippen LogP contribution in [0.3, 0.4) is 0 Å². The van der Waals surface area contributed by atoms with Crippen LogP contribution in [0.1, 0.15) is 57.2 Å². The van der Waals surface area contributed by atoms with Crippen molar-refractivity contribution in [1.29, 1.82) is 0 Å². The zero-order valence-electron chi connectivity index (χ0n) is 21.6. The van der Waals surface area contributed by atoms with Crippen molar-refractivity contribution in [2.24, 2.45) is 16.7 Å². The first-order valence-electron chi connectivity index (χ1n) is 12.5. The summed E-state index contributed by atoms with van der Waals surface area (Å²) in [4.78, 5) is 24.6. The van der Waals surface area contributed by atoms with Gasteiger partial charge >= 0.3 is 0 Å². The van der Waals surface area contributed by atoms with E-state index in [1.807, 2.05) is 13.8 Å². The lowest BCUT2D eigenvalue weighted by Crippen LogP contribution is -2.47. The number of rotatable bonds is 9. The number of ketones is 1. The van der Waals surface area contributed by atoms with Crippen LogP contribution in [0.2, 0.25) is 0 Å². The molecule has 0 amide bonds. The van der Waals surface area contributed by atoms with E-state index in [2.05, 4.69) is 20.1 Å². The molecule has 2 heterocycles. The fourth-order valence-electron chi connectivity index (χ4n) is 6.51. The van der Waals surface area contributed by atoms with Gasteiger partial charge in [0, 0.05) is 24.0 Å². The van der Waals surface area contributed by atoms with Crippen LogP contribution in [0.25, 0.3) is 0 Å². The Morgan fingerprint density at radius 1 is 1.18 bits per heavy atom. The number of halogens is 3. The van der Waals surface area contributed by atoms with E-state index in [1.54, 1.807) is 0 Å². The summed E-state index contributed by atoms with van der Waals surface area (Å²) in [5.74, 6) is -4.89. The van der Waals surface area contributed by atoms with Gasteiger partial charge in [-0.2, -0.15) is 13.5 Å². The first-order valence-corrected chi connectivity index (χ1v) is 14.1. The Balaban J connectivity index is 1.68. The number of aromatic nitrogens is 5. The Morgan fingerprint density at radius 2 is 1.95 bits per heavy atom. The van der Waals surface area contributed by atoms with Crippen LogP contribution in [0.5, 0.6) is 0 Å². The van der Waals surface area contributed by atoms with Gasteiger partial charge in [-0.1, -0.05) is 26.8 Å². The second-order valence-corrected chi connectivity index (χ2v) is 12.6. The Bertz CT molecular complexity index is 1520. The molecule has 2 aromatic heterocycles.